The molecule has 0 aliphatic rings. The van der Waals surface area contributed by atoms with Gasteiger partial charge in [-0.15, -0.1) is 0 Å². The fraction of sp³-hybridized carbons (Fsp3) is 0. The van der Waals surface area contributed by atoms with Gasteiger partial charge in [-0.3, -0.25) is 4.79 Å². The van der Waals surface area contributed by atoms with Crippen molar-refractivity contribution < 1.29 is 13.6 Å². The van der Waals surface area contributed by atoms with Gasteiger partial charge in [-0.05, 0) is 30.3 Å². The molecule has 1 N–H and O–H groups in total. The molecule has 2 nitrogen and oxygen atoms in total. The van der Waals surface area contributed by atoms with Gasteiger partial charge in [0.05, 0.1) is 16.3 Å². The second kappa shape index (κ2) is 5.67. The fourth-order valence-corrected chi connectivity index (χ4v) is 2.02. The number of hydrogen-bond acceptors (Lipinski definition) is 1. The van der Waals surface area contributed by atoms with Crippen LogP contribution in [0, 0.1) is 11.6 Å². The highest BCUT2D eigenvalue weighted by atomic mass is 79.9. The summed E-state index contributed by atoms with van der Waals surface area (Å²) in [6.07, 6.45) is 0. The van der Waals surface area contributed by atoms with Crippen molar-refractivity contribution in [2.75, 3.05) is 5.32 Å². The third kappa shape index (κ3) is 3.11. The summed E-state index contributed by atoms with van der Waals surface area (Å²) in [5, 5.41) is 2.30. The number of para-hydroxylation sites is 1. The number of carbonyl (C=O) groups is 1. The summed E-state index contributed by atoms with van der Waals surface area (Å²) in [7, 11) is 0. The first kappa shape index (κ1) is 14.0. The second-order valence-electron chi connectivity index (χ2n) is 3.67. The zero-order valence-corrected chi connectivity index (χ0v) is 11.7. The minimum atomic E-state index is -0.767. The number of hydrogen-bond donors (Lipinski definition) is 1. The molecule has 2 aromatic carbocycles. The average Bonchev–Trinajstić information content (AvgIpc) is 2.33. The molecule has 0 unspecified atom stereocenters. The van der Waals surface area contributed by atoms with Crippen molar-refractivity contribution in [2.24, 2.45) is 0 Å². The van der Waals surface area contributed by atoms with E-state index in [1.165, 1.54) is 24.3 Å². The van der Waals surface area contributed by atoms with E-state index in [0.29, 0.717) is 4.47 Å². The molecule has 98 valence electrons. The van der Waals surface area contributed by atoms with Gasteiger partial charge >= 0.3 is 0 Å². The van der Waals surface area contributed by atoms with Crippen molar-refractivity contribution in [3.05, 3.63) is 63.1 Å². The molecule has 2 rings (SSSR count). The van der Waals surface area contributed by atoms with Crippen molar-refractivity contribution in [1.82, 2.24) is 0 Å². The van der Waals surface area contributed by atoms with Crippen LogP contribution in [0.25, 0.3) is 0 Å². The summed E-state index contributed by atoms with van der Waals surface area (Å²) in [6, 6.07) is 7.95. The minimum Gasteiger partial charge on any atom is -0.318 e. The first-order valence-electron chi connectivity index (χ1n) is 5.19. The number of nitrogens with one attached hydrogen (secondary N) is 1. The maximum absolute atomic E-state index is 13.6. The van der Waals surface area contributed by atoms with E-state index in [9.17, 15) is 13.6 Å². The van der Waals surface area contributed by atoms with Crippen LogP contribution < -0.4 is 5.32 Å². The van der Waals surface area contributed by atoms with Crippen molar-refractivity contribution in [1.29, 1.82) is 0 Å². The smallest absolute Gasteiger partial charge is 0.258 e. The van der Waals surface area contributed by atoms with Gasteiger partial charge in [-0.25, -0.2) is 8.78 Å². The van der Waals surface area contributed by atoms with Crippen molar-refractivity contribution in [3.63, 3.8) is 0 Å². The third-order valence-electron chi connectivity index (χ3n) is 2.38. The lowest BCUT2D eigenvalue weighted by molar-refractivity contribution is 0.102. The number of anilines is 1. The monoisotopic (exact) mass is 345 g/mol. The van der Waals surface area contributed by atoms with Crippen molar-refractivity contribution in [3.8, 4) is 0 Å². The first-order chi connectivity index (χ1) is 8.99. The van der Waals surface area contributed by atoms with Crippen LogP contribution in [0.5, 0.6) is 0 Å². The average molecular weight is 347 g/mol. The molecule has 0 aromatic heterocycles. The Morgan fingerprint density at radius 3 is 2.53 bits per heavy atom. The Morgan fingerprint density at radius 1 is 1.16 bits per heavy atom. The lowest BCUT2D eigenvalue weighted by atomic mass is 10.2. The van der Waals surface area contributed by atoms with Crippen LogP contribution >= 0.6 is 27.5 Å². The molecule has 19 heavy (non-hydrogen) atoms. The summed E-state index contributed by atoms with van der Waals surface area (Å²) in [5.41, 5.74) is -0.362. The molecule has 0 bridgehead atoms. The summed E-state index contributed by atoms with van der Waals surface area (Å²) >= 11 is 8.85. The highest BCUT2D eigenvalue weighted by Gasteiger charge is 2.15. The molecule has 0 radical (unpaired) electrons. The number of benzene rings is 2. The standard InChI is InChI=1S/C13H7BrClF2NO/c14-7-4-5-8(11(17)6-7)13(19)18-12-9(15)2-1-3-10(12)16/h1-6H,(H,18,19). The zero-order valence-electron chi connectivity index (χ0n) is 9.38. The lowest BCUT2D eigenvalue weighted by Crippen LogP contribution is -2.15. The number of rotatable bonds is 2. The quantitative estimate of drug-likeness (QED) is 0.844. The normalized spacial score (nSPS) is 10.3. The summed E-state index contributed by atoms with van der Waals surface area (Å²) in [5.74, 6) is -2.16. The summed E-state index contributed by atoms with van der Waals surface area (Å²) < 4.78 is 27.6. The van der Waals surface area contributed by atoms with Gasteiger partial charge in [-0.1, -0.05) is 33.6 Å². The van der Waals surface area contributed by atoms with E-state index in [-0.39, 0.29) is 16.3 Å². The zero-order chi connectivity index (χ0) is 14.0. The van der Waals surface area contributed by atoms with Crippen LogP contribution in [0.4, 0.5) is 14.5 Å². The molecule has 2 aromatic rings. The summed E-state index contributed by atoms with van der Waals surface area (Å²) in [6.45, 7) is 0. The van der Waals surface area contributed by atoms with Gasteiger partial charge in [0, 0.05) is 4.47 Å². The van der Waals surface area contributed by atoms with Crippen LogP contribution in [0.1, 0.15) is 10.4 Å². The molecule has 1 amide bonds. The second-order valence-corrected chi connectivity index (χ2v) is 5.00. The highest BCUT2D eigenvalue weighted by molar-refractivity contribution is 9.10. The minimum absolute atomic E-state index is 0.0471. The molecule has 0 fully saturated rings. The number of halogens is 4. The van der Waals surface area contributed by atoms with Gasteiger partial charge < -0.3 is 5.32 Å². The Morgan fingerprint density at radius 2 is 1.89 bits per heavy atom. The highest BCUT2D eigenvalue weighted by Crippen LogP contribution is 2.25. The van der Waals surface area contributed by atoms with E-state index in [0.717, 1.165) is 12.1 Å². The molecule has 0 heterocycles. The van der Waals surface area contributed by atoms with Gasteiger partial charge in [0.25, 0.3) is 5.91 Å². The Bertz CT molecular complexity index is 628. The Hall–Kier alpha value is -1.46. The maximum Gasteiger partial charge on any atom is 0.258 e. The molecule has 0 spiro atoms. The van der Waals surface area contributed by atoms with E-state index >= 15 is 0 Å². The molecule has 0 atom stereocenters. The molecule has 6 heteroatoms. The maximum atomic E-state index is 13.6. The van der Waals surface area contributed by atoms with E-state index in [1.54, 1.807) is 0 Å². The molecule has 0 saturated carbocycles. The van der Waals surface area contributed by atoms with Crippen LogP contribution in [-0.2, 0) is 0 Å². The third-order valence-corrected chi connectivity index (χ3v) is 3.19. The van der Waals surface area contributed by atoms with Crippen LogP contribution in [-0.4, -0.2) is 5.91 Å². The van der Waals surface area contributed by atoms with E-state index in [1.807, 2.05) is 0 Å². The molecular formula is C13H7BrClF2NO. The lowest BCUT2D eigenvalue weighted by Gasteiger charge is -2.09. The molecule has 0 aliphatic carbocycles. The number of amides is 1. The Labute approximate surface area is 121 Å². The topological polar surface area (TPSA) is 29.1 Å². The fourth-order valence-electron chi connectivity index (χ4n) is 1.47. The van der Waals surface area contributed by atoms with E-state index < -0.39 is 17.5 Å². The largest absolute Gasteiger partial charge is 0.318 e. The SMILES string of the molecule is O=C(Nc1c(F)cccc1Cl)c1ccc(Br)cc1F. The number of carbonyl (C=O) groups excluding carboxylic acids is 1. The molecular weight excluding hydrogens is 340 g/mol. The van der Waals surface area contributed by atoms with E-state index in [2.05, 4.69) is 21.2 Å². The van der Waals surface area contributed by atoms with Gasteiger partial charge in [0.2, 0.25) is 0 Å². The Balaban J connectivity index is 2.31. The van der Waals surface area contributed by atoms with Crippen LogP contribution in [0.15, 0.2) is 40.9 Å². The van der Waals surface area contributed by atoms with E-state index in [4.69, 9.17) is 11.6 Å². The van der Waals surface area contributed by atoms with Crippen molar-refractivity contribution >= 4 is 39.1 Å². The first-order valence-corrected chi connectivity index (χ1v) is 6.36. The molecule has 0 aliphatic heterocycles. The Kier molecular flexibility index (Phi) is 4.17. The predicted octanol–water partition coefficient (Wildman–Crippen LogP) is 4.63. The van der Waals surface area contributed by atoms with Crippen LogP contribution in [0.2, 0.25) is 5.02 Å². The van der Waals surface area contributed by atoms with Crippen LogP contribution in [0.3, 0.4) is 0 Å². The predicted molar refractivity (Wildman–Crippen MR) is 73.5 cm³/mol. The molecule has 0 saturated heterocycles. The van der Waals surface area contributed by atoms with Crippen molar-refractivity contribution in [2.45, 2.75) is 0 Å². The van der Waals surface area contributed by atoms with Gasteiger partial charge in [0.1, 0.15) is 11.6 Å². The van der Waals surface area contributed by atoms with Gasteiger partial charge in [0.15, 0.2) is 0 Å². The van der Waals surface area contributed by atoms with Gasteiger partial charge in [-0.2, -0.15) is 0 Å². The summed E-state index contributed by atoms with van der Waals surface area (Å²) in [4.78, 5) is 11.9.